The molecule has 1 aromatic carbocycles. The Bertz CT molecular complexity index is 614. The van der Waals surface area contributed by atoms with Crippen LogP contribution in [0.1, 0.15) is 15.9 Å². The second kappa shape index (κ2) is 5.84. The molecule has 0 bridgehead atoms. The SMILES string of the molecule is COc1ccc(C(=O)Cc2cnccc2N)cc1Br. The molecule has 0 fully saturated rings. The summed E-state index contributed by atoms with van der Waals surface area (Å²) in [4.78, 5) is 16.1. The molecule has 0 saturated carbocycles. The van der Waals surface area contributed by atoms with Gasteiger partial charge in [-0.25, -0.2) is 0 Å². The first-order valence-corrected chi connectivity index (χ1v) is 6.46. The summed E-state index contributed by atoms with van der Waals surface area (Å²) in [6, 6.07) is 6.92. The lowest BCUT2D eigenvalue weighted by Crippen LogP contribution is -2.06. The van der Waals surface area contributed by atoms with Gasteiger partial charge in [0, 0.05) is 35.6 Å². The van der Waals surface area contributed by atoms with Crippen LogP contribution in [0.5, 0.6) is 5.75 Å². The van der Waals surface area contributed by atoms with E-state index in [0.29, 0.717) is 17.0 Å². The largest absolute Gasteiger partial charge is 0.496 e. The van der Waals surface area contributed by atoms with Crippen LogP contribution in [0.2, 0.25) is 0 Å². The Kier molecular flexibility index (Phi) is 4.16. The first-order chi connectivity index (χ1) is 9.11. The van der Waals surface area contributed by atoms with Crippen molar-refractivity contribution in [3.05, 3.63) is 52.3 Å². The third-order valence-electron chi connectivity index (χ3n) is 2.77. The maximum absolute atomic E-state index is 12.2. The van der Waals surface area contributed by atoms with E-state index in [-0.39, 0.29) is 12.2 Å². The molecule has 2 N–H and O–H groups in total. The molecule has 0 aliphatic rings. The van der Waals surface area contributed by atoms with Crippen molar-refractivity contribution in [1.29, 1.82) is 0 Å². The molecule has 0 unspecified atom stereocenters. The van der Waals surface area contributed by atoms with Gasteiger partial charge in [-0.1, -0.05) is 0 Å². The number of ketones is 1. The number of aromatic nitrogens is 1. The second-order valence-corrected chi connectivity index (χ2v) is 4.88. The van der Waals surface area contributed by atoms with Gasteiger partial charge in [-0.05, 0) is 40.2 Å². The molecular weight excluding hydrogens is 308 g/mol. The van der Waals surface area contributed by atoms with Crippen molar-refractivity contribution in [2.45, 2.75) is 6.42 Å². The summed E-state index contributed by atoms with van der Waals surface area (Å²) in [6.45, 7) is 0. The standard InChI is InChI=1S/C14H13BrN2O2/c1-19-14-3-2-9(6-11(14)15)13(18)7-10-8-17-5-4-12(10)16/h2-6,8H,7H2,1H3,(H2,16,17). The molecule has 0 atom stereocenters. The Hall–Kier alpha value is -1.88. The molecule has 4 nitrogen and oxygen atoms in total. The minimum atomic E-state index is -0.0111. The lowest BCUT2D eigenvalue weighted by molar-refractivity contribution is 0.0993. The van der Waals surface area contributed by atoms with Crippen molar-refractivity contribution in [3.63, 3.8) is 0 Å². The lowest BCUT2D eigenvalue weighted by Gasteiger charge is -2.07. The summed E-state index contributed by atoms with van der Waals surface area (Å²) in [5.41, 5.74) is 7.72. The van der Waals surface area contributed by atoms with Crippen LogP contribution in [0, 0.1) is 0 Å². The van der Waals surface area contributed by atoms with Crippen LogP contribution in [0.3, 0.4) is 0 Å². The van der Waals surface area contributed by atoms with Crippen molar-refractivity contribution in [2.24, 2.45) is 0 Å². The van der Waals surface area contributed by atoms with E-state index in [0.717, 1.165) is 10.0 Å². The van der Waals surface area contributed by atoms with Crippen LogP contribution in [0.25, 0.3) is 0 Å². The number of nitrogens with zero attached hydrogens (tertiary/aromatic N) is 1. The Balaban J connectivity index is 2.21. The first kappa shape index (κ1) is 13.5. The Morgan fingerprint density at radius 3 is 2.84 bits per heavy atom. The summed E-state index contributed by atoms with van der Waals surface area (Å²) >= 11 is 3.36. The molecule has 98 valence electrons. The molecule has 5 heteroatoms. The molecule has 0 aliphatic carbocycles. The van der Waals surface area contributed by atoms with Gasteiger partial charge in [-0.2, -0.15) is 0 Å². The fraction of sp³-hybridized carbons (Fsp3) is 0.143. The summed E-state index contributed by atoms with van der Waals surface area (Å²) in [5, 5.41) is 0. The number of ether oxygens (including phenoxy) is 1. The number of methoxy groups -OCH3 is 1. The summed E-state index contributed by atoms with van der Waals surface area (Å²) in [7, 11) is 1.58. The van der Waals surface area contributed by atoms with Gasteiger partial charge in [0.1, 0.15) is 5.75 Å². The molecule has 1 heterocycles. The predicted octanol–water partition coefficient (Wildman–Crippen LogP) is 2.86. The van der Waals surface area contributed by atoms with Gasteiger partial charge in [0.05, 0.1) is 11.6 Å². The highest BCUT2D eigenvalue weighted by Crippen LogP contribution is 2.26. The molecule has 2 rings (SSSR count). The number of nitrogens with two attached hydrogens (primary N) is 1. The van der Waals surface area contributed by atoms with Gasteiger partial charge >= 0.3 is 0 Å². The Labute approximate surface area is 119 Å². The number of anilines is 1. The minimum Gasteiger partial charge on any atom is -0.496 e. The highest BCUT2D eigenvalue weighted by Gasteiger charge is 2.11. The number of carbonyl (C=O) groups excluding carboxylic acids is 1. The maximum Gasteiger partial charge on any atom is 0.167 e. The van der Waals surface area contributed by atoms with E-state index < -0.39 is 0 Å². The Morgan fingerprint density at radius 1 is 1.42 bits per heavy atom. The van der Waals surface area contributed by atoms with Crippen LogP contribution < -0.4 is 10.5 Å². The van der Waals surface area contributed by atoms with Crippen LogP contribution >= 0.6 is 15.9 Å². The van der Waals surface area contributed by atoms with Crippen LogP contribution in [-0.2, 0) is 6.42 Å². The van der Waals surface area contributed by atoms with Gasteiger partial charge in [-0.3, -0.25) is 9.78 Å². The van der Waals surface area contributed by atoms with Gasteiger partial charge in [0.15, 0.2) is 5.78 Å². The van der Waals surface area contributed by atoms with Gasteiger partial charge in [0.25, 0.3) is 0 Å². The number of hydrogen-bond donors (Lipinski definition) is 1. The highest BCUT2D eigenvalue weighted by atomic mass is 79.9. The predicted molar refractivity (Wildman–Crippen MR) is 77.4 cm³/mol. The van der Waals surface area contributed by atoms with E-state index in [2.05, 4.69) is 20.9 Å². The Morgan fingerprint density at radius 2 is 2.21 bits per heavy atom. The van der Waals surface area contributed by atoms with E-state index in [1.54, 1.807) is 43.8 Å². The maximum atomic E-state index is 12.2. The summed E-state index contributed by atoms with van der Waals surface area (Å²) in [5.74, 6) is 0.681. The fourth-order valence-corrected chi connectivity index (χ4v) is 2.24. The molecule has 1 aromatic heterocycles. The lowest BCUT2D eigenvalue weighted by atomic mass is 10.0. The van der Waals surface area contributed by atoms with Gasteiger partial charge in [-0.15, -0.1) is 0 Å². The van der Waals surface area contributed by atoms with Crippen molar-refractivity contribution in [2.75, 3.05) is 12.8 Å². The second-order valence-electron chi connectivity index (χ2n) is 4.02. The zero-order valence-electron chi connectivity index (χ0n) is 10.4. The molecule has 0 saturated heterocycles. The van der Waals surface area contributed by atoms with Gasteiger partial charge in [0.2, 0.25) is 0 Å². The third kappa shape index (κ3) is 3.12. The molecule has 0 aliphatic heterocycles. The average molecular weight is 321 g/mol. The average Bonchev–Trinajstić information content (AvgIpc) is 2.41. The molecule has 0 radical (unpaired) electrons. The number of rotatable bonds is 4. The smallest absolute Gasteiger partial charge is 0.167 e. The molecule has 2 aromatic rings. The topological polar surface area (TPSA) is 65.2 Å². The van der Waals surface area contributed by atoms with Crippen molar-refractivity contribution in [3.8, 4) is 5.75 Å². The van der Waals surface area contributed by atoms with E-state index in [4.69, 9.17) is 10.5 Å². The summed E-state index contributed by atoms with van der Waals surface area (Å²) < 4.78 is 5.88. The highest BCUT2D eigenvalue weighted by molar-refractivity contribution is 9.10. The van der Waals surface area contributed by atoms with Crippen LogP contribution in [-0.4, -0.2) is 17.9 Å². The van der Waals surface area contributed by atoms with E-state index in [1.165, 1.54) is 0 Å². The number of carbonyl (C=O) groups is 1. The molecular formula is C14H13BrN2O2. The number of halogens is 1. The zero-order chi connectivity index (χ0) is 13.8. The number of Topliss-reactive ketones (excluding diaryl/α,β-unsaturated/α-hetero) is 1. The van der Waals surface area contributed by atoms with Gasteiger partial charge < -0.3 is 10.5 Å². The number of pyridine rings is 1. The molecule has 0 spiro atoms. The first-order valence-electron chi connectivity index (χ1n) is 5.67. The van der Waals surface area contributed by atoms with Crippen molar-refractivity contribution >= 4 is 27.4 Å². The van der Waals surface area contributed by atoms with Crippen LogP contribution in [0.15, 0.2) is 41.1 Å². The quantitative estimate of drug-likeness (QED) is 0.880. The summed E-state index contributed by atoms with van der Waals surface area (Å²) in [6.07, 6.45) is 3.46. The van der Waals surface area contributed by atoms with Crippen LogP contribution in [0.4, 0.5) is 5.69 Å². The normalized spacial score (nSPS) is 10.2. The van der Waals surface area contributed by atoms with E-state index in [1.807, 2.05) is 0 Å². The fourth-order valence-electron chi connectivity index (χ4n) is 1.70. The zero-order valence-corrected chi connectivity index (χ0v) is 12.0. The third-order valence-corrected chi connectivity index (χ3v) is 3.39. The molecule has 0 amide bonds. The van der Waals surface area contributed by atoms with Crippen molar-refractivity contribution < 1.29 is 9.53 Å². The number of benzene rings is 1. The van der Waals surface area contributed by atoms with E-state index >= 15 is 0 Å². The monoisotopic (exact) mass is 320 g/mol. The van der Waals surface area contributed by atoms with Crippen molar-refractivity contribution in [1.82, 2.24) is 4.98 Å². The molecule has 19 heavy (non-hydrogen) atoms. The van der Waals surface area contributed by atoms with E-state index in [9.17, 15) is 4.79 Å². The number of nitrogen functional groups attached to an aromatic ring is 1. The number of hydrogen-bond acceptors (Lipinski definition) is 4. The minimum absolute atomic E-state index is 0.0111.